The topological polar surface area (TPSA) is 97.4 Å². The van der Waals surface area contributed by atoms with Crippen LogP contribution in [0.1, 0.15) is 42.7 Å². The molecule has 11 heteroatoms. The summed E-state index contributed by atoms with van der Waals surface area (Å²) >= 11 is 0. The van der Waals surface area contributed by atoms with Gasteiger partial charge in [-0.25, -0.2) is 13.1 Å². The molecule has 27 heavy (non-hydrogen) atoms. The number of carbonyl (C=O) groups excluding carboxylic acids is 1. The normalized spacial score (nSPS) is 17.3. The maximum absolute atomic E-state index is 12.4. The van der Waals surface area contributed by atoms with E-state index in [-0.39, 0.29) is 24.3 Å². The first-order chi connectivity index (χ1) is 12.4. The van der Waals surface area contributed by atoms with Crippen LogP contribution in [0.15, 0.2) is 12.3 Å². The maximum Gasteiger partial charge on any atom is 0.511 e. The second-order valence-electron chi connectivity index (χ2n) is 6.68. The molecule has 1 heterocycles. The Labute approximate surface area is 155 Å². The van der Waals surface area contributed by atoms with E-state index >= 15 is 0 Å². The third kappa shape index (κ3) is 5.80. The summed E-state index contributed by atoms with van der Waals surface area (Å²) in [5, 5.41) is 2.89. The molecule has 0 aromatic carbocycles. The molecule has 0 aliphatic heterocycles. The van der Waals surface area contributed by atoms with E-state index in [9.17, 15) is 26.4 Å². The summed E-state index contributed by atoms with van der Waals surface area (Å²) in [6.07, 6.45) is 3.47. The number of carbonyl (C=O) groups is 1. The van der Waals surface area contributed by atoms with Crippen LogP contribution < -0.4 is 14.8 Å². The van der Waals surface area contributed by atoms with Gasteiger partial charge in [0.2, 0.25) is 0 Å². The number of sulfonamides is 1. The molecule has 1 aromatic rings. The average Bonchev–Trinajstić information content (AvgIpc) is 3.37. The first-order valence-corrected chi connectivity index (χ1v) is 9.88. The minimum absolute atomic E-state index is 0.0401. The third-order valence-corrected chi connectivity index (χ3v) is 5.48. The molecule has 2 N–H and O–H groups in total. The largest absolute Gasteiger partial charge is 0.511 e. The number of alkyl halides is 3. The first-order valence-electron chi connectivity index (χ1n) is 8.39. The smallest absolute Gasteiger partial charge is 0.490 e. The van der Waals surface area contributed by atoms with Gasteiger partial charge in [-0.05, 0) is 45.6 Å². The van der Waals surface area contributed by atoms with E-state index in [2.05, 4.69) is 10.3 Å². The molecule has 0 bridgehead atoms. The Kier molecular flexibility index (Phi) is 6.35. The summed E-state index contributed by atoms with van der Waals surface area (Å²) in [7, 11) is -5.46. The van der Waals surface area contributed by atoms with E-state index in [1.165, 1.54) is 23.9 Å². The molecule has 1 fully saturated rings. The predicted molar refractivity (Wildman–Crippen MR) is 91.7 cm³/mol. The minimum Gasteiger partial charge on any atom is -0.490 e. The summed E-state index contributed by atoms with van der Waals surface area (Å²) < 4.78 is 66.0. The second-order valence-corrected chi connectivity index (χ2v) is 8.39. The van der Waals surface area contributed by atoms with Gasteiger partial charge in [-0.2, -0.15) is 13.2 Å². The predicted octanol–water partition coefficient (Wildman–Crippen LogP) is 2.12. The first kappa shape index (κ1) is 21.4. The summed E-state index contributed by atoms with van der Waals surface area (Å²) in [6.45, 7) is 4.45. The van der Waals surface area contributed by atoms with Gasteiger partial charge in [0.25, 0.3) is 5.91 Å². The Morgan fingerprint density at radius 2 is 2.00 bits per heavy atom. The van der Waals surface area contributed by atoms with Crippen molar-refractivity contribution < 1.29 is 31.1 Å². The number of aryl methyl sites for hydroxylation is 1. The van der Waals surface area contributed by atoms with Crippen molar-refractivity contribution in [1.82, 2.24) is 15.0 Å². The molecule has 0 spiro atoms. The number of aromatic nitrogens is 1. The summed E-state index contributed by atoms with van der Waals surface area (Å²) in [5.41, 5.74) is -4.62. The van der Waals surface area contributed by atoms with Gasteiger partial charge in [-0.3, -0.25) is 9.78 Å². The Bertz CT molecular complexity index is 795. The van der Waals surface area contributed by atoms with Gasteiger partial charge in [0.15, 0.2) is 0 Å². The monoisotopic (exact) mass is 409 g/mol. The third-order valence-electron chi connectivity index (χ3n) is 4.16. The van der Waals surface area contributed by atoms with Crippen LogP contribution in [0.3, 0.4) is 0 Å². The van der Waals surface area contributed by atoms with E-state index in [1.54, 1.807) is 6.92 Å². The van der Waals surface area contributed by atoms with E-state index < -0.39 is 21.6 Å². The van der Waals surface area contributed by atoms with E-state index in [0.717, 1.165) is 12.8 Å². The number of amides is 1. The number of hydrogen-bond acceptors (Lipinski definition) is 5. The highest BCUT2D eigenvalue weighted by atomic mass is 32.2. The quantitative estimate of drug-likeness (QED) is 0.686. The summed E-state index contributed by atoms with van der Waals surface area (Å²) in [4.78, 5) is 16.4. The number of rotatable bonds is 8. The Morgan fingerprint density at radius 1 is 1.37 bits per heavy atom. The molecule has 1 unspecified atom stereocenters. The number of ether oxygens (including phenoxy) is 1. The number of hydrogen-bond donors (Lipinski definition) is 2. The van der Waals surface area contributed by atoms with Crippen LogP contribution in [0.4, 0.5) is 13.2 Å². The molecular formula is C16H22F3N3O4S. The molecule has 1 aromatic heterocycles. The fourth-order valence-corrected chi connectivity index (χ4v) is 3.14. The molecule has 0 radical (unpaired) electrons. The van der Waals surface area contributed by atoms with Crippen LogP contribution in [0.2, 0.25) is 0 Å². The zero-order valence-electron chi connectivity index (χ0n) is 15.1. The highest BCUT2D eigenvalue weighted by Crippen LogP contribution is 2.32. The lowest BCUT2D eigenvalue weighted by Gasteiger charge is -2.17. The molecule has 0 saturated heterocycles. The Hall–Kier alpha value is -1.88. The zero-order chi connectivity index (χ0) is 20.4. The molecule has 1 amide bonds. The average molecular weight is 409 g/mol. The van der Waals surface area contributed by atoms with Crippen molar-refractivity contribution in [3.63, 3.8) is 0 Å². The lowest BCUT2D eigenvalue weighted by atomic mass is 10.1. The molecule has 1 aliphatic rings. The lowest BCUT2D eigenvalue weighted by Crippen LogP contribution is -2.43. The summed E-state index contributed by atoms with van der Waals surface area (Å²) in [6, 6.07) is 0.339. The highest BCUT2D eigenvalue weighted by Gasteiger charge is 2.46. The van der Waals surface area contributed by atoms with E-state index in [0.29, 0.717) is 17.2 Å². The van der Waals surface area contributed by atoms with Crippen LogP contribution in [-0.2, 0) is 10.0 Å². The fraction of sp³-hybridized carbons (Fsp3) is 0.625. The van der Waals surface area contributed by atoms with Crippen molar-refractivity contribution in [2.45, 2.75) is 51.2 Å². The molecule has 1 saturated carbocycles. The van der Waals surface area contributed by atoms with Crippen molar-refractivity contribution in [1.29, 1.82) is 0 Å². The van der Waals surface area contributed by atoms with E-state index in [1.807, 2.05) is 6.92 Å². The van der Waals surface area contributed by atoms with Gasteiger partial charge in [-0.15, -0.1) is 0 Å². The van der Waals surface area contributed by atoms with Gasteiger partial charge < -0.3 is 10.1 Å². The standard InChI is InChI=1S/C16H22F3N3O4S/c1-9(22-27(24,25)16(17,18)19)8-26-13-6-14(11(3)20-7-13)15(23)21-10(2)12-4-5-12/h6-7,9-10,12,22H,4-5,8H2,1-3H3,(H,21,23)/t9-,10?/m0/s1. The molecule has 1 aliphatic carbocycles. The van der Waals surface area contributed by atoms with Gasteiger partial charge in [0.05, 0.1) is 23.5 Å². The van der Waals surface area contributed by atoms with E-state index in [4.69, 9.17) is 4.74 Å². The molecule has 2 atom stereocenters. The van der Waals surface area contributed by atoms with Crippen molar-refractivity contribution in [2.24, 2.45) is 5.92 Å². The fourth-order valence-electron chi connectivity index (χ4n) is 2.41. The van der Waals surface area contributed by atoms with Crippen molar-refractivity contribution >= 4 is 15.9 Å². The van der Waals surface area contributed by atoms with Crippen molar-refractivity contribution in [2.75, 3.05) is 6.61 Å². The number of nitrogens with one attached hydrogen (secondary N) is 2. The number of nitrogens with zero attached hydrogens (tertiary/aromatic N) is 1. The van der Waals surface area contributed by atoms with Crippen LogP contribution in [0.5, 0.6) is 5.75 Å². The van der Waals surface area contributed by atoms with Crippen LogP contribution in [-0.4, -0.2) is 43.5 Å². The highest BCUT2D eigenvalue weighted by molar-refractivity contribution is 7.90. The minimum atomic E-state index is -5.46. The van der Waals surface area contributed by atoms with Gasteiger partial charge >= 0.3 is 15.5 Å². The molecule has 7 nitrogen and oxygen atoms in total. The number of halogens is 3. The van der Waals surface area contributed by atoms with Crippen LogP contribution in [0, 0.1) is 12.8 Å². The van der Waals surface area contributed by atoms with Gasteiger partial charge in [0.1, 0.15) is 12.4 Å². The van der Waals surface area contributed by atoms with Crippen LogP contribution >= 0.6 is 0 Å². The van der Waals surface area contributed by atoms with Gasteiger partial charge in [0, 0.05) is 6.04 Å². The molecule has 2 rings (SSSR count). The van der Waals surface area contributed by atoms with Gasteiger partial charge in [-0.1, -0.05) is 0 Å². The Balaban J connectivity index is 1.98. The summed E-state index contributed by atoms with van der Waals surface area (Å²) in [5.74, 6) is 0.322. The second kappa shape index (κ2) is 8.01. The van der Waals surface area contributed by atoms with Crippen molar-refractivity contribution in [3.05, 3.63) is 23.5 Å². The maximum atomic E-state index is 12.4. The molecule has 152 valence electrons. The van der Waals surface area contributed by atoms with Crippen molar-refractivity contribution in [3.8, 4) is 5.75 Å². The van der Waals surface area contributed by atoms with Crippen LogP contribution in [0.25, 0.3) is 0 Å². The Morgan fingerprint density at radius 3 is 2.56 bits per heavy atom. The zero-order valence-corrected chi connectivity index (χ0v) is 15.9. The number of pyridine rings is 1. The molecular weight excluding hydrogens is 387 g/mol. The lowest BCUT2D eigenvalue weighted by molar-refractivity contribution is -0.0451. The SMILES string of the molecule is Cc1ncc(OC[C@H](C)NS(=O)(=O)C(F)(F)F)cc1C(=O)NC(C)C1CC1.